The number of nitrogens with zero attached hydrogens (tertiary/aromatic N) is 2. The highest BCUT2D eigenvalue weighted by Crippen LogP contribution is 2.25. The molecule has 150 valence electrons. The average molecular weight is 392 g/mol. The van der Waals surface area contributed by atoms with Crippen molar-refractivity contribution in [2.45, 2.75) is 19.5 Å². The number of aromatic nitrogens is 2. The van der Waals surface area contributed by atoms with E-state index in [1.54, 1.807) is 26.4 Å². The SMILES string of the molecule is COc1cc(CN2CCc3nc(-c4ccc(N)cc4)[nH]c(=O)c3C2)cc(OC)c1. The van der Waals surface area contributed by atoms with Crippen LogP contribution < -0.4 is 20.8 Å². The van der Waals surface area contributed by atoms with Gasteiger partial charge in [-0.1, -0.05) is 0 Å². The first-order chi connectivity index (χ1) is 14.1. The summed E-state index contributed by atoms with van der Waals surface area (Å²) in [4.78, 5) is 22.6. The van der Waals surface area contributed by atoms with Crippen LogP contribution in [0.4, 0.5) is 5.69 Å². The Morgan fingerprint density at radius 2 is 1.79 bits per heavy atom. The Kier molecular flexibility index (Phi) is 5.22. The first-order valence-corrected chi connectivity index (χ1v) is 9.48. The molecule has 0 unspecified atom stereocenters. The first kappa shape index (κ1) is 19.0. The zero-order valence-corrected chi connectivity index (χ0v) is 16.6. The molecule has 2 heterocycles. The van der Waals surface area contributed by atoms with Crippen LogP contribution in [0, 0.1) is 0 Å². The molecule has 1 aliphatic rings. The molecule has 0 bridgehead atoms. The average Bonchev–Trinajstić information content (AvgIpc) is 2.74. The van der Waals surface area contributed by atoms with Crippen LogP contribution in [-0.4, -0.2) is 35.6 Å². The zero-order valence-electron chi connectivity index (χ0n) is 16.6. The number of nitrogens with one attached hydrogen (secondary N) is 1. The molecule has 3 aromatic rings. The number of rotatable bonds is 5. The Labute approximate surface area is 169 Å². The van der Waals surface area contributed by atoms with E-state index in [2.05, 4.69) is 9.88 Å². The van der Waals surface area contributed by atoms with Gasteiger partial charge < -0.3 is 20.2 Å². The highest BCUT2D eigenvalue weighted by atomic mass is 16.5. The summed E-state index contributed by atoms with van der Waals surface area (Å²) in [6.45, 7) is 2.08. The van der Waals surface area contributed by atoms with E-state index in [9.17, 15) is 4.79 Å². The van der Waals surface area contributed by atoms with Crippen LogP contribution in [0.5, 0.6) is 11.5 Å². The summed E-state index contributed by atoms with van der Waals surface area (Å²) in [6, 6.07) is 13.2. The largest absolute Gasteiger partial charge is 0.497 e. The Bertz CT molecular complexity index is 1050. The number of fused-ring (bicyclic) bond motifs is 1. The van der Waals surface area contributed by atoms with Crippen molar-refractivity contribution in [3.05, 3.63) is 69.6 Å². The standard InChI is InChI=1S/C22H24N4O3/c1-28-17-9-14(10-18(11-17)29-2)12-26-8-7-20-19(13-26)22(27)25-21(24-20)15-3-5-16(23)6-4-15/h3-6,9-11H,7-8,12-13,23H2,1-2H3,(H,24,25,27). The lowest BCUT2D eigenvalue weighted by Crippen LogP contribution is -2.35. The molecule has 3 N–H and O–H groups in total. The molecule has 1 aromatic heterocycles. The number of benzene rings is 2. The topological polar surface area (TPSA) is 93.5 Å². The van der Waals surface area contributed by atoms with Gasteiger partial charge in [0.2, 0.25) is 0 Å². The summed E-state index contributed by atoms with van der Waals surface area (Å²) in [6.07, 6.45) is 0.725. The van der Waals surface area contributed by atoms with Crippen LogP contribution in [-0.2, 0) is 19.5 Å². The van der Waals surface area contributed by atoms with Gasteiger partial charge in [0.05, 0.1) is 25.5 Å². The fraction of sp³-hybridized carbons (Fsp3) is 0.273. The van der Waals surface area contributed by atoms with Crippen molar-refractivity contribution >= 4 is 5.69 Å². The molecule has 7 heteroatoms. The van der Waals surface area contributed by atoms with E-state index in [0.29, 0.717) is 24.6 Å². The van der Waals surface area contributed by atoms with Crippen LogP contribution in [0.15, 0.2) is 47.3 Å². The highest BCUT2D eigenvalue weighted by molar-refractivity contribution is 5.58. The van der Waals surface area contributed by atoms with Gasteiger partial charge in [0.25, 0.3) is 5.56 Å². The van der Waals surface area contributed by atoms with E-state index in [1.165, 1.54) is 0 Å². The Balaban J connectivity index is 1.56. The third-order valence-electron chi connectivity index (χ3n) is 5.15. The lowest BCUT2D eigenvalue weighted by Gasteiger charge is -2.28. The Hall–Kier alpha value is -3.32. The summed E-state index contributed by atoms with van der Waals surface area (Å²) in [5.41, 5.74) is 9.85. The summed E-state index contributed by atoms with van der Waals surface area (Å²) in [5, 5.41) is 0. The van der Waals surface area contributed by atoms with Crippen molar-refractivity contribution in [1.82, 2.24) is 14.9 Å². The molecule has 1 aliphatic heterocycles. The second-order valence-electron chi connectivity index (χ2n) is 7.14. The maximum atomic E-state index is 12.7. The van der Waals surface area contributed by atoms with Crippen LogP contribution >= 0.6 is 0 Å². The van der Waals surface area contributed by atoms with Crippen molar-refractivity contribution in [1.29, 1.82) is 0 Å². The molecule has 4 rings (SSSR count). The second-order valence-corrected chi connectivity index (χ2v) is 7.14. The third kappa shape index (κ3) is 4.09. The van der Waals surface area contributed by atoms with Crippen molar-refractivity contribution in [2.24, 2.45) is 0 Å². The van der Waals surface area contributed by atoms with Crippen LogP contribution in [0.1, 0.15) is 16.8 Å². The fourth-order valence-electron chi connectivity index (χ4n) is 3.61. The number of nitrogens with two attached hydrogens (primary N) is 1. The molecule has 0 saturated carbocycles. The van der Waals surface area contributed by atoms with Gasteiger partial charge in [-0.3, -0.25) is 9.69 Å². The molecule has 2 aromatic carbocycles. The van der Waals surface area contributed by atoms with Gasteiger partial charge >= 0.3 is 0 Å². The molecule has 0 spiro atoms. The summed E-state index contributed by atoms with van der Waals surface area (Å²) in [7, 11) is 3.28. The lowest BCUT2D eigenvalue weighted by atomic mass is 10.0. The van der Waals surface area contributed by atoms with Gasteiger partial charge in [-0.15, -0.1) is 0 Å². The van der Waals surface area contributed by atoms with Gasteiger partial charge in [-0.25, -0.2) is 4.98 Å². The number of aromatic amines is 1. The predicted molar refractivity (Wildman–Crippen MR) is 112 cm³/mol. The maximum Gasteiger partial charge on any atom is 0.255 e. The van der Waals surface area contributed by atoms with Crippen molar-refractivity contribution in [3.8, 4) is 22.9 Å². The molecule has 0 fully saturated rings. The third-order valence-corrected chi connectivity index (χ3v) is 5.15. The number of ether oxygens (including phenoxy) is 2. The van der Waals surface area contributed by atoms with E-state index in [4.69, 9.17) is 20.2 Å². The van der Waals surface area contributed by atoms with Gasteiger partial charge in [0, 0.05) is 43.4 Å². The van der Waals surface area contributed by atoms with Gasteiger partial charge in [-0.05, 0) is 42.0 Å². The highest BCUT2D eigenvalue weighted by Gasteiger charge is 2.22. The molecule has 0 saturated heterocycles. The van der Waals surface area contributed by atoms with Crippen molar-refractivity contribution in [2.75, 3.05) is 26.5 Å². The van der Waals surface area contributed by atoms with Gasteiger partial charge in [0.1, 0.15) is 17.3 Å². The Morgan fingerprint density at radius 1 is 1.10 bits per heavy atom. The molecule has 0 radical (unpaired) electrons. The monoisotopic (exact) mass is 392 g/mol. The van der Waals surface area contributed by atoms with Crippen LogP contribution in [0.3, 0.4) is 0 Å². The number of methoxy groups -OCH3 is 2. The second kappa shape index (κ2) is 7.97. The van der Waals surface area contributed by atoms with Crippen molar-refractivity contribution in [3.63, 3.8) is 0 Å². The van der Waals surface area contributed by atoms with E-state index in [1.807, 2.05) is 30.3 Å². The van der Waals surface area contributed by atoms with Crippen LogP contribution in [0.25, 0.3) is 11.4 Å². The predicted octanol–water partition coefficient (Wildman–Crippen LogP) is 2.59. The number of hydrogen-bond acceptors (Lipinski definition) is 6. The van der Waals surface area contributed by atoms with Crippen LogP contribution in [0.2, 0.25) is 0 Å². The van der Waals surface area contributed by atoms with E-state index in [-0.39, 0.29) is 5.56 Å². The maximum absolute atomic E-state index is 12.7. The Morgan fingerprint density at radius 3 is 2.45 bits per heavy atom. The lowest BCUT2D eigenvalue weighted by molar-refractivity contribution is 0.241. The number of anilines is 1. The molecule has 0 atom stereocenters. The number of nitrogen functional groups attached to an aromatic ring is 1. The van der Waals surface area contributed by atoms with Crippen molar-refractivity contribution < 1.29 is 9.47 Å². The number of H-pyrrole nitrogens is 1. The molecular formula is C22H24N4O3. The fourth-order valence-corrected chi connectivity index (χ4v) is 3.61. The van der Waals surface area contributed by atoms with E-state index >= 15 is 0 Å². The molecular weight excluding hydrogens is 368 g/mol. The minimum Gasteiger partial charge on any atom is -0.497 e. The van der Waals surface area contributed by atoms with Gasteiger partial charge in [-0.2, -0.15) is 0 Å². The molecule has 0 aliphatic carbocycles. The first-order valence-electron chi connectivity index (χ1n) is 9.48. The summed E-state index contributed by atoms with van der Waals surface area (Å²) < 4.78 is 10.7. The minimum atomic E-state index is -0.0882. The quantitative estimate of drug-likeness (QED) is 0.649. The normalized spacial score (nSPS) is 13.7. The summed E-state index contributed by atoms with van der Waals surface area (Å²) in [5.74, 6) is 2.09. The van der Waals surface area contributed by atoms with E-state index in [0.717, 1.165) is 46.8 Å². The minimum absolute atomic E-state index is 0.0882. The van der Waals surface area contributed by atoms with Gasteiger partial charge in [0.15, 0.2) is 0 Å². The smallest absolute Gasteiger partial charge is 0.255 e. The molecule has 29 heavy (non-hydrogen) atoms. The zero-order chi connectivity index (χ0) is 20.4. The summed E-state index contributed by atoms with van der Waals surface area (Å²) >= 11 is 0. The van der Waals surface area contributed by atoms with E-state index < -0.39 is 0 Å². The molecule has 0 amide bonds. The molecule has 7 nitrogen and oxygen atoms in total. The number of hydrogen-bond donors (Lipinski definition) is 2.